The van der Waals surface area contributed by atoms with E-state index in [0.717, 1.165) is 19.3 Å². The topological polar surface area (TPSA) is 58.6 Å². The van der Waals surface area contributed by atoms with Crippen LogP contribution in [0.25, 0.3) is 0 Å². The van der Waals surface area contributed by atoms with E-state index in [1.165, 1.54) is 0 Å². The first kappa shape index (κ1) is 21.3. The molecule has 1 aromatic rings. The molecule has 2 rings (SSSR count). The van der Waals surface area contributed by atoms with E-state index >= 15 is 0 Å². The molecule has 1 unspecified atom stereocenters. The number of piperidine rings is 1. The second-order valence-electron chi connectivity index (χ2n) is 8.88. The summed E-state index contributed by atoms with van der Waals surface area (Å²) in [6.07, 6.45) is 2.46. The Balaban J connectivity index is 1.96. The Labute approximate surface area is 163 Å². The van der Waals surface area contributed by atoms with Gasteiger partial charge in [0, 0.05) is 24.7 Å². The van der Waals surface area contributed by atoms with Crippen molar-refractivity contribution >= 4 is 12.0 Å². The fraction of sp³-hybridized carbons (Fsp3) is 0.636. The van der Waals surface area contributed by atoms with Crippen LogP contribution in [-0.2, 0) is 4.74 Å². The van der Waals surface area contributed by atoms with Crippen molar-refractivity contribution in [1.82, 2.24) is 10.2 Å². The highest BCUT2D eigenvalue weighted by atomic mass is 16.6. The zero-order chi connectivity index (χ0) is 20.0. The second kappa shape index (κ2) is 9.25. The number of benzene rings is 1. The molecule has 0 aliphatic carbocycles. The predicted octanol–water partition coefficient (Wildman–Crippen LogP) is 4.48. The summed E-state index contributed by atoms with van der Waals surface area (Å²) in [5.41, 5.74) is 0.218. The lowest BCUT2D eigenvalue weighted by Crippen LogP contribution is -2.48. The number of amides is 2. The van der Waals surface area contributed by atoms with Crippen LogP contribution in [0.2, 0.25) is 0 Å². The number of rotatable bonds is 5. The number of nitrogens with one attached hydrogen (secondary N) is 1. The molecule has 1 fully saturated rings. The van der Waals surface area contributed by atoms with E-state index in [1.807, 2.05) is 51.1 Å². The van der Waals surface area contributed by atoms with E-state index in [-0.39, 0.29) is 18.0 Å². The van der Waals surface area contributed by atoms with Crippen LogP contribution in [0, 0.1) is 11.8 Å². The maximum Gasteiger partial charge on any atom is 0.410 e. The molecular formula is C22H34N2O3. The van der Waals surface area contributed by atoms with Crippen LogP contribution in [0.3, 0.4) is 0 Å². The SMILES string of the molecule is CC(C)CC(NC(=O)c1ccccc1)C1CCN(C(=O)OC(C)(C)C)CC1. The zero-order valence-electron chi connectivity index (χ0n) is 17.3. The van der Waals surface area contributed by atoms with Gasteiger partial charge in [-0.1, -0.05) is 32.0 Å². The molecule has 5 nitrogen and oxygen atoms in total. The van der Waals surface area contributed by atoms with E-state index in [9.17, 15) is 9.59 Å². The molecule has 1 aliphatic rings. The van der Waals surface area contributed by atoms with Crippen LogP contribution < -0.4 is 5.32 Å². The molecule has 1 N–H and O–H groups in total. The minimum atomic E-state index is -0.474. The van der Waals surface area contributed by atoms with Gasteiger partial charge in [-0.2, -0.15) is 0 Å². The molecule has 27 heavy (non-hydrogen) atoms. The fourth-order valence-electron chi connectivity index (χ4n) is 3.53. The highest BCUT2D eigenvalue weighted by Crippen LogP contribution is 2.26. The Morgan fingerprint density at radius 3 is 2.26 bits per heavy atom. The Morgan fingerprint density at radius 2 is 1.74 bits per heavy atom. The van der Waals surface area contributed by atoms with Gasteiger partial charge in [0.25, 0.3) is 5.91 Å². The van der Waals surface area contributed by atoms with Crippen molar-refractivity contribution in [3.63, 3.8) is 0 Å². The molecule has 150 valence electrons. The van der Waals surface area contributed by atoms with Crippen molar-refractivity contribution in [2.45, 2.75) is 65.5 Å². The lowest BCUT2D eigenvalue weighted by atomic mass is 9.85. The number of likely N-dealkylation sites (tertiary alicyclic amines) is 1. The molecule has 0 radical (unpaired) electrons. The number of hydrogen-bond acceptors (Lipinski definition) is 3. The normalized spacial score (nSPS) is 16.9. The van der Waals surface area contributed by atoms with Crippen molar-refractivity contribution in [1.29, 1.82) is 0 Å². The number of ether oxygens (including phenoxy) is 1. The highest BCUT2D eigenvalue weighted by molar-refractivity contribution is 5.94. The number of carbonyl (C=O) groups is 2. The van der Waals surface area contributed by atoms with Crippen LogP contribution in [0.15, 0.2) is 30.3 Å². The molecule has 1 aromatic carbocycles. The van der Waals surface area contributed by atoms with Gasteiger partial charge in [0.2, 0.25) is 0 Å². The Morgan fingerprint density at radius 1 is 1.15 bits per heavy atom. The van der Waals surface area contributed by atoms with Crippen molar-refractivity contribution in [2.24, 2.45) is 11.8 Å². The summed E-state index contributed by atoms with van der Waals surface area (Å²) in [6.45, 7) is 11.4. The maximum absolute atomic E-state index is 12.6. The van der Waals surface area contributed by atoms with Crippen molar-refractivity contribution in [3.05, 3.63) is 35.9 Å². The minimum absolute atomic E-state index is 0.0178. The van der Waals surface area contributed by atoms with Gasteiger partial charge >= 0.3 is 6.09 Å². The molecule has 5 heteroatoms. The molecule has 1 atom stereocenters. The van der Waals surface area contributed by atoms with Gasteiger partial charge in [0.15, 0.2) is 0 Å². The van der Waals surface area contributed by atoms with Crippen molar-refractivity contribution in [3.8, 4) is 0 Å². The number of carbonyl (C=O) groups excluding carboxylic acids is 2. The van der Waals surface area contributed by atoms with Gasteiger partial charge in [-0.05, 0) is 64.0 Å². The van der Waals surface area contributed by atoms with E-state index in [0.29, 0.717) is 30.5 Å². The summed E-state index contributed by atoms with van der Waals surface area (Å²) >= 11 is 0. The first-order chi connectivity index (χ1) is 12.7. The molecule has 0 spiro atoms. The van der Waals surface area contributed by atoms with E-state index < -0.39 is 5.60 Å². The third-order valence-electron chi connectivity index (χ3n) is 4.84. The monoisotopic (exact) mass is 374 g/mol. The van der Waals surface area contributed by atoms with Crippen molar-refractivity contribution < 1.29 is 14.3 Å². The lowest BCUT2D eigenvalue weighted by molar-refractivity contribution is 0.0164. The van der Waals surface area contributed by atoms with Gasteiger partial charge < -0.3 is 15.0 Å². The summed E-state index contributed by atoms with van der Waals surface area (Å²) in [4.78, 5) is 26.7. The van der Waals surface area contributed by atoms with Crippen LogP contribution in [0.4, 0.5) is 4.79 Å². The summed E-state index contributed by atoms with van der Waals surface area (Å²) < 4.78 is 5.48. The van der Waals surface area contributed by atoms with Gasteiger partial charge in [0.05, 0.1) is 0 Å². The lowest BCUT2D eigenvalue weighted by Gasteiger charge is -2.37. The van der Waals surface area contributed by atoms with E-state index in [4.69, 9.17) is 4.74 Å². The van der Waals surface area contributed by atoms with E-state index in [1.54, 1.807) is 4.90 Å². The van der Waals surface area contributed by atoms with Gasteiger partial charge in [-0.15, -0.1) is 0 Å². The Bertz CT molecular complexity index is 614. The van der Waals surface area contributed by atoms with Gasteiger partial charge in [-0.25, -0.2) is 4.79 Å². The average Bonchev–Trinajstić information content (AvgIpc) is 2.60. The van der Waals surface area contributed by atoms with Crippen LogP contribution in [0.5, 0.6) is 0 Å². The molecule has 1 saturated heterocycles. The third kappa shape index (κ3) is 6.89. The molecular weight excluding hydrogens is 340 g/mol. The maximum atomic E-state index is 12.6. The summed E-state index contributed by atoms with van der Waals surface area (Å²) in [5.74, 6) is 0.851. The Hall–Kier alpha value is -2.04. The zero-order valence-corrected chi connectivity index (χ0v) is 17.3. The molecule has 0 saturated carbocycles. The number of hydrogen-bond donors (Lipinski definition) is 1. The molecule has 2 amide bonds. The standard InChI is InChI=1S/C22H34N2O3/c1-16(2)15-19(23-20(25)18-9-7-6-8-10-18)17-11-13-24(14-12-17)21(26)27-22(3,4)5/h6-10,16-17,19H,11-15H2,1-5H3,(H,23,25). The summed E-state index contributed by atoms with van der Waals surface area (Å²) in [7, 11) is 0. The molecule has 0 aromatic heterocycles. The number of nitrogens with zero attached hydrogens (tertiary/aromatic N) is 1. The molecule has 1 aliphatic heterocycles. The first-order valence-electron chi connectivity index (χ1n) is 9.99. The predicted molar refractivity (Wildman–Crippen MR) is 108 cm³/mol. The minimum Gasteiger partial charge on any atom is -0.444 e. The summed E-state index contributed by atoms with van der Waals surface area (Å²) in [5, 5.41) is 3.24. The molecule has 0 bridgehead atoms. The summed E-state index contributed by atoms with van der Waals surface area (Å²) in [6, 6.07) is 9.48. The third-order valence-corrected chi connectivity index (χ3v) is 4.84. The largest absolute Gasteiger partial charge is 0.444 e. The van der Waals surface area contributed by atoms with Crippen LogP contribution in [-0.4, -0.2) is 41.6 Å². The fourth-order valence-corrected chi connectivity index (χ4v) is 3.53. The van der Waals surface area contributed by atoms with Gasteiger partial charge in [0.1, 0.15) is 5.60 Å². The quantitative estimate of drug-likeness (QED) is 0.827. The first-order valence-corrected chi connectivity index (χ1v) is 9.99. The van der Waals surface area contributed by atoms with Crippen LogP contribution >= 0.6 is 0 Å². The molecule has 1 heterocycles. The van der Waals surface area contributed by atoms with Crippen LogP contribution in [0.1, 0.15) is 64.2 Å². The Kier molecular flexibility index (Phi) is 7.28. The highest BCUT2D eigenvalue weighted by Gasteiger charge is 2.31. The van der Waals surface area contributed by atoms with Crippen molar-refractivity contribution in [2.75, 3.05) is 13.1 Å². The van der Waals surface area contributed by atoms with Gasteiger partial charge in [-0.3, -0.25) is 4.79 Å². The second-order valence-corrected chi connectivity index (χ2v) is 8.88. The smallest absolute Gasteiger partial charge is 0.410 e. The average molecular weight is 375 g/mol. The van der Waals surface area contributed by atoms with E-state index in [2.05, 4.69) is 19.2 Å².